The van der Waals surface area contributed by atoms with Gasteiger partial charge in [0, 0.05) is 13.2 Å². The third-order valence-corrected chi connectivity index (χ3v) is 4.25. The van der Waals surface area contributed by atoms with E-state index in [2.05, 4.69) is 5.92 Å². The lowest BCUT2D eigenvalue weighted by Crippen LogP contribution is -2.35. The minimum Gasteiger partial charge on any atom is -0.396 e. The fraction of sp³-hybridized carbons (Fsp3) is 0.800. The molecule has 15 heavy (non-hydrogen) atoms. The zero-order chi connectivity index (χ0) is 11.3. The van der Waals surface area contributed by atoms with Crippen molar-refractivity contribution in [3.8, 4) is 12.3 Å². The molecular weight excluding hydrogens is 214 g/mol. The number of nitrogens with zero attached hydrogens (tertiary/aromatic N) is 1. The zero-order valence-corrected chi connectivity index (χ0v) is 9.54. The van der Waals surface area contributed by atoms with Crippen molar-refractivity contribution in [2.45, 2.75) is 19.3 Å². The van der Waals surface area contributed by atoms with Crippen molar-refractivity contribution in [2.75, 3.05) is 25.4 Å². The standard InChI is InChI=1S/C10H17NO3S/c1-2-6-11(9-10-4-5-10)15(13,14)8-3-7-12/h1,10,12H,3-9H2. The number of hydrogen-bond acceptors (Lipinski definition) is 3. The summed E-state index contributed by atoms with van der Waals surface area (Å²) in [5.41, 5.74) is 0. The molecule has 0 aliphatic heterocycles. The Labute approximate surface area is 91.3 Å². The summed E-state index contributed by atoms with van der Waals surface area (Å²) in [6.45, 7) is 0.578. The van der Waals surface area contributed by atoms with E-state index in [9.17, 15) is 8.42 Å². The van der Waals surface area contributed by atoms with Crippen molar-refractivity contribution in [3.05, 3.63) is 0 Å². The summed E-state index contributed by atoms with van der Waals surface area (Å²) >= 11 is 0. The van der Waals surface area contributed by atoms with E-state index >= 15 is 0 Å². The first-order chi connectivity index (χ1) is 7.10. The molecule has 0 spiro atoms. The highest BCUT2D eigenvalue weighted by molar-refractivity contribution is 7.89. The molecular formula is C10H17NO3S. The quantitative estimate of drug-likeness (QED) is 0.630. The van der Waals surface area contributed by atoms with E-state index < -0.39 is 10.0 Å². The van der Waals surface area contributed by atoms with Crippen LogP contribution in [0.5, 0.6) is 0 Å². The number of hydrogen-bond donors (Lipinski definition) is 1. The van der Waals surface area contributed by atoms with Crippen LogP contribution in [0.25, 0.3) is 0 Å². The van der Waals surface area contributed by atoms with Gasteiger partial charge in [-0.15, -0.1) is 6.42 Å². The van der Waals surface area contributed by atoms with Crippen LogP contribution >= 0.6 is 0 Å². The van der Waals surface area contributed by atoms with Gasteiger partial charge < -0.3 is 5.11 Å². The first-order valence-corrected chi connectivity index (χ1v) is 6.73. The third-order valence-electron chi connectivity index (χ3n) is 2.38. The second-order valence-corrected chi connectivity index (χ2v) is 5.92. The van der Waals surface area contributed by atoms with Crippen molar-refractivity contribution >= 4 is 10.0 Å². The second kappa shape index (κ2) is 5.50. The average molecular weight is 231 g/mol. The van der Waals surface area contributed by atoms with Gasteiger partial charge in [-0.2, -0.15) is 4.31 Å². The molecule has 0 atom stereocenters. The summed E-state index contributed by atoms with van der Waals surface area (Å²) in [4.78, 5) is 0. The lowest BCUT2D eigenvalue weighted by molar-refractivity contribution is 0.294. The van der Waals surface area contributed by atoms with Crippen LogP contribution in [0, 0.1) is 18.3 Å². The zero-order valence-electron chi connectivity index (χ0n) is 8.72. The molecule has 5 heteroatoms. The Morgan fingerprint density at radius 3 is 2.60 bits per heavy atom. The van der Waals surface area contributed by atoms with Crippen molar-refractivity contribution in [1.29, 1.82) is 0 Å². The van der Waals surface area contributed by atoms with Crippen LogP contribution in [-0.4, -0.2) is 43.3 Å². The Kier molecular flexibility index (Phi) is 4.58. The van der Waals surface area contributed by atoms with Crippen molar-refractivity contribution < 1.29 is 13.5 Å². The average Bonchev–Trinajstić information content (AvgIpc) is 2.98. The second-order valence-electron chi connectivity index (χ2n) is 3.83. The molecule has 0 aromatic heterocycles. The molecule has 1 aliphatic carbocycles. The Morgan fingerprint density at radius 1 is 1.47 bits per heavy atom. The van der Waals surface area contributed by atoms with Crippen LogP contribution in [0.15, 0.2) is 0 Å². The molecule has 0 heterocycles. The van der Waals surface area contributed by atoms with Crippen LogP contribution in [0.2, 0.25) is 0 Å². The minimum absolute atomic E-state index is 0.0160. The molecule has 0 aromatic rings. The van der Waals surface area contributed by atoms with E-state index in [-0.39, 0.29) is 25.3 Å². The summed E-state index contributed by atoms with van der Waals surface area (Å²) in [6.07, 6.45) is 7.60. The summed E-state index contributed by atoms with van der Waals surface area (Å²) in [7, 11) is -3.27. The maximum absolute atomic E-state index is 11.8. The van der Waals surface area contributed by atoms with Crippen molar-refractivity contribution in [1.82, 2.24) is 4.31 Å². The maximum atomic E-state index is 11.8. The molecule has 86 valence electrons. The Bertz CT molecular complexity index is 327. The van der Waals surface area contributed by atoms with Gasteiger partial charge in [0.15, 0.2) is 0 Å². The van der Waals surface area contributed by atoms with Crippen LogP contribution in [0.3, 0.4) is 0 Å². The molecule has 0 aromatic carbocycles. The highest BCUT2D eigenvalue weighted by atomic mass is 32.2. The third kappa shape index (κ3) is 4.20. The number of sulfonamides is 1. The van der Waals surface area contributed by atoms with E-state index in [4.69, 9.17) is 11.5 Å². The Balaban J connectivity index is 2.55. The molecule has 4 nitrogen and oxygen atoms in total. The van der Waals surface area contributed by atoms with Gasteiger partial charge in [-0.1, -0.05) is 5.92 Å². The molecule has 1 fully saturated rings. The number of aliphatic hydroxyl groups excluding tert-OH is 1. The first-order valence-electron chi connectivity index (χ1n) is 5.12. The number of aliphatic hydroxyl groups is 1. The van der Waals surface area contributed by atoms with E-state index in [0.717, 1.165) is 12.8 Å². The van der Waals surface area contributed by atoms with Gasteiger partial charge in [-0.25, -0.2) is 8.42 Å². The molecule has 1 saturated carbocycles. The van der Waals surface area contributed by atoms with Gasteiger partial charge in [0.25, 0.3) is 0 Å². The Hall–Kier alpha value is -0.570. The molecule has 1 N–H and O–H groups in total. The topological polar surface area (TPSA) is 57.6 Å². The van der Waals surface area contributed by atoms with Gasteiger partial charge in [0.1, 0.15) is 0 Å². The van der Waals surface area contributed by atoms with Crippen LogP contribution in [0.1, 0.15) is 19.3 Å². The highest BCUT2D eigenvalue weighted by Gasteiger charge is 2.29. The van der Waals surface area contributed by atoms with Crippen molar-refractivity contribution in [2.24, 2.45) is 5.92 Å². The van der Waals surface area contributed by atoms with Crippen LogP contribution in [0.4, 0.5) is 0 Å². The van der Waals surface area contributed by atoms with Gasteiger partial charge in [-0.3, -0.25) is 0 Å². The molecule has 0 unspecified atom stereocenters. The van der Waals surface area contributed by atoms with Gasteiger partial charge in [0.05, 0.1) is 12.3 Å². The molecule has 1 rings (SSSR count). The fourth-order valence-corrected chi connectivity index (χ4v) is 2.80. The summed E-state index contributed by atoms with van der Waals surface area (Å²) in [5.74, 6) is 2.84. The SMILES string of the molecule is C#CCN(CC1CC1)S(=O)(=O)CCCO. The molecule has 0 amide bonds. The number of terminal acetylenes is 1. The fourth-order valence-electron chi connectivity index (χ4n) is 1.34. The predicted octanol–water partition coefficient (Wildman–Crippen LogP) is 0.0438. The molecule has 0 radical (unpaired) electrons. The van der Waals surface area contributed by atoms with Gasteiger partial charge >= 0.3 is 0 Å². The van der Waals surface area contributed by atoms with E-state index in [1.54, 1.807) is 0 Å². The molecule has 0 saturated heterocycles. The van der Waals surface area contributed by atoms with Crippen LogP contribution < -0.4 is 0 Å². The number of rotatable bonds is 7. The smallest absolute Gasteiger partial charge is 0.215 e. The normalized spacial score (nSPS) is 16.6. The van der Waals surface area contributed by atoms with E-state index in [0.29, 0.717) is 12.5 Å². The maximum Gasteiger partial charge on any atom is 0.215 e. The largest absolute Gasteiger partial charge is 0.396 e. The summed E-state index contributed by atoms with van der Waals surface area (Å²) in [6, 6.07) is 0. The monoisotopic (exact) mass is 231 g/mol. The van der Waals surface area contributed by atoms with E-state index in [1.165, 1.54) is 4.31 Å². The van der Waals surface area contributed by atoms with Crippen molar-refractivity contribution in [3.63, 3.8) is 0 Å². The first kappa shape index (κ1) is 12.5. The van der Waals surface area contributed by atoms with Gasteiger partial charge in [-0.05, 0) is 25.2 Å². The summed E-state index contributed by atoms with van der Waals surface area (Å²) < 4.78 is 24.9. The molecule has 1 aliphatic rings. The minimum atomic E-state index is -3.27. The Morgan fingerprint density at radius 2 is 2.13 bits per heavy atom. The lowest BCUT2D eigenvalue weighted by Gasteiger charge is -2.19. The lowest BCUT2D eigenvalue weighted by atomic mass is 10.4. The van der Waals surface area contributed by atoms with E-state index in [1.807, 2.05) is 0 Å². The van der Waals surface area contributed by atoms with Gasteiger partial charge in [0.2, 0.25) is 10.0 Å². The predicted molar refractivity (Wildman–Crippen MR) is 58.6 cm³/mol. The van der Waals surface area contributed by atoms with Crippen LogP contribution in [-0.2, 0) is 10.0 Å². The molecule has 0 bridgehead atoms. The summed E-state index contributed by atoms with van der Waals surface area (Å²) in [5, 5.41) is 8.61. The highest BCUT2D eigenvalue weighted by Crippen LogP contribution is 2.30.